The van der Waals surface area contributed by atoms with Gasteiger partial charge < -0.3 is 15.2 Å². The lowest BCUT2D eigenvalue weighted by molar-refractivity contribution is 0.0944. The molecule has 3 heterocycles. The summed E-state index contributed by atoms with van der Waals surface area (Å²) in [6.07, 6.45) is 1.64. The Hall–Kier alpha value is -2.29. The van der Waals surface area contributed by atoms with Crippen LogP contribution in [0.3, 0.4) is 0 Å². The molecule has 1 saturated heterocycles. The van der Waals surface area contributed by atoms with Gasteiger partial charge in [-0.1, -0.05) is 10.4 Å². The molecule has 0 aromatic carbocycles. The fraction of sp³-hybridized carbons (Fsp3) is 0.500. The minimum Gasteiger partial charge on any atom is -0.343 e. The molecule has 0 atom stereocenters. The number of nitrogens with zero attached hydrogens (tertiary/aromatic N) is 5. The highest BCUT2D eigenvalue weighted by Gasteiger charge is 2.21. The van der Waals surface area contributed by atoms with E-state index in [-0.39, 0.29) is 24.2 Å². The van der Waals surface area contributed by atoms with Crippen molar-refractivity contribution >= 4 is 5.91 Å². The first kappa shape index (κ1) is 11.8. The van der Waals surface area contributed by atoms with Crippen molar-refractivity contribution in [2.45, 2.75) is 19.5 Å². The first-order valence-corrected chi connectivity index (χ1v) is 5.92. The van der Waals surface area contributed by atoms with Crippen LogP contribution in [0.5, 0.6) is 0 Å². The maximum absolute atomic E-state index is 11.8. The normalized spacial score (nSPS) is 15.2. The largest absolute Gasteiger partial charge is 0.343 e. The molecule has 100 valence electrons. The monoisotopic (exact) mass is 263 g/mol. The predicted molar refractivity (Wildman–Crippen MR) is 62.1 cm³/mol. The van der Waals surface area contributed by atoms with Gasteiger partial charge in [0, 0.05) is 20.0 Å². The Morgan fingerprint density at radius 1 is 1.63 bits per heavy atom. The summed E-state index contributed by atoms with van der Waals surface area (Å²) in [6.45, 7) is 3.60. The van der Waals surface area contributed by atoms with E-state index in [0.29, 0.717) is 11.7 Å². The van der Waals surface area contributed by atoms with E-state index in [1.54, 1.807) is 17.8 Å². The molecule has 9 heteroatoms. The van der Waals surface area contributed by atoms with Crippen molar-refractivity contribution < 1.29 is 9.32 Å². The van der Waals surface area contributed by atoms with Gasteiger partial charge in [-0.2, -0.15) is 4.98 Å². The van der Waals surface area contributed by atoms with E-state index in [4.69, 9.17) is 4.52 Å². The molecule has 19 heavy (non-hydrogen) atoms. The number of amides is 1. The van der Waals surface area contributed by atoms with E-state index in [1.807, 2.05) is 0 Å². The first-order chi connectivity index (χ1) is 9.22. The van der Waals surface area contributed by atoms with Crippen molar-refractivity contribution in [3.8, 4) is 0 Å². The molecule has 2 aromatic heterocycles. The zero-order chi connectivity index (χ0) is 13.2. The molecule has 1 amide bonds. The average Bonchev–Trinajstić information content (AvgIpc) is 2.93. The van der Waals surface area contributed by atoms with Gasteiger partial charge >= 0.3 is 0 Å². The topological polar surface area (TPSA) is 111 Å². The SMILES string of the molecule is Cc1nc(CNC(=O)c2cn(C3CNC3)nn2)no1. The quantitative estimate of drug-likeness (QED) is 0.731. The Bertz CT molecular complexity index is 586. The molecular weight excluding hydrogens is 250 g/mol. The predicted octanol–water partition coefficient (Wildman–Crippen LogP) is -0.956. The van der Waals surface area contributed by atoms with E-state index in [1.165, 1.54) is 0 Å². The number of aromatic nitrogens is 5. The van der Waals surface area contributed by atoms with Gasteiger partial charge in [-0.15, -0.1) is 5.10 Å². The van der Waals surface area contributed by atoms with Crippen LogP contribution in [0.1, 0.15) is 28.2 Å². The number of aryl methyl sites for hydroxylation is 1. The maximum Gasteiger partial charge on any atom is 0.273 e. The third-order valence-corrected chi connectivity index (χ3v) is 2.85. The molecule has 0 unspecified atom stereocenters. The number of hydrogen-bond acceptors (Lipinski definition) is 7. The van der Waals surface area contributed by atoms with Crippen LogP contribution < -0.4 is 10.6 Å². The summed E-state index contributed by atoms with van der Waals surface area (Å²) < 4.78 is 6.51. The summed E-state index contributed by atoms with van der Waals surface area (Å²) in [4.78, 5) is 15.8. The van der Waals surface area contributed by atoms with E-state index in [9.17, 15) is 4.79 Å². The fourth-order valence-electron chi connectivity index (χ4n) is 1.68. The van der Waals surface area contributed by atoms with E-state index < -0.39 is 0 Å². The van der Waals surface area contributed by atoms with Crippen LogP contribution in [0.4, 0.5) is 0 Å². The molecule has 3 rings (SSSR count). The zero-order valence-corrected chi connectivity index (χ0v) is 10.3. The van der Waals surface area contributed by atoms with Crippen molar-refractivity contribution in [3.05, 3.63) is 23.6 Å². The molecule has 0 spiro atoms. The second kappa shape index (κ2) is 4.76. The number of rotatable bonds is 4. The van der Waals surface area contributed by atoms with Gasteiger partial charge in [0.05, 0.1) is 18.8 Å². The molecule has 9 nitrogen and oxygen atoms in total. The van der Waals surface area contributed by atoms with E-state index in [2.05, 4.69) is 31.1 Å². The number of hydrogen-bond donors (Lipinski definition) is 2. The lowest BCUT2D eigenvalue weighted by Crippen LogP contribution is -2.43. The Morgan fingerprint density at radius 3 is 3.11 bits per heavy atom. The zero-order valence-electron chi connectivity index (χ0n) is 10.3. The van der Waals surface area contributed by atoms with E-state index in [0.717, 1.165) is 13.1 Å². The molecular formula is C10H13N7O2. The van der Waals surface area contributed by atoms with Crippen molar-refractivity contribution in [2.75, 3.05) is 13.1 Å². The second-order valence-electron chi connectivity index (χ2n) is 4.31. The molecule has 1 aliphatic rings. The lowest BCUT2D eigenvalue weighted by Gasteiger charge is -2.26. The van der Waals surface area contributed by atoms with Gasteiger partial charge in [0.2, 0.25) is 5.89 Å². The van der Waals surface area contributed by atoms with Gasteiger partial charge in [-0.05, 0) is 0 Å². The lowest BCUT2D eigenvalue weighted by atomic mass is 10.2. The van der Waals surface area contributed by atoms with Crippen LogP contribution in [-0.4, -0.2) is 44.1 Å². The number of carbonyl (C=O) groups excluding carboxylic acids is 1. The van der Waals surface area contributed by atoms with Crippen LogP contribution in [0.25, 0.3) is 0 Å². The van der Waals surface area contributed by atoms with Gasteiger partial charge in [0.25, 0.3) is 5.91 Å². The third kappa shape index (κ3) is 2.45. The molecule has 0 bridgehead atoms. The fourth-order valence-corrected chi connectivity index (χ4v) is 1.68. The van der Waals surface area contributed by atoms with Crippen molar-refractivity contribution in [1.29, 1.82) is 0 Å². The summed E-state index contributed by atoms with van der Waals surface area (Å²) in [5.74, 6) is 0.593. The van der Waals surface area contributed by atoms with Gasteiger partial charge in [0.1, 0.15) is 0 Å². The molecule has 1 aliphatic heterocycles. The highest BCUT2D eigenvalue weighted by atomic mass is 16.5. The minimum atomic E-state index is -0.305. The number of nitrogens with one attached hydrogen (secondary N) is 2. The first-order valence-electron chi connectivity index (χ1n) is 5.92. The Morgan fingerprint density at radius 2 is 2.47 bits per heavy atom. The van der Waals surface area contributed by atoms with Gasteiger partial charge in [-0.25, -0.2) is 4.68 Å². The highest BCUT2D eigenvalue weighted by molar-refractivity contribution is 5.91. The molecule has 2 N–H and O–H groups in total. The standard InChI is InChI=1S/C10H13N7O2/c1-6-13-9(15-19-6)4-12-10(18)8-5-17(16-14-8)7-2-11-3-7/h5,7,11H,2-4H2,1H3,(H,12,18). The Kier molecular flexibility index (Phi) is 2.95. The molecule has 0 saturated carbocycles. The minimum absolute atomic E-state index is 0.202. The van der Waals surface area contributed by atoms with Crippen molar-refractivity contribution in [1.82, 2.24) is 35.8 Å². The molecule has 0 aliphatic carbocycles. The summed E-state index contributed by atoms with van der Waals surface area (Å²) in [5, 5.41) is 17.3. The van der Waals surface area contributed by atoms with Crippen LogP contribution in [0, 0.1) is 6.92 Å². The van der Waals surface area contributed by atoms with Gasteiger partial charge in [-0.3, -0.25) is 4.79 Å². The summed E-state index contributed by atoms with van der Waals surface area (Å²) in [6, 6.07) is 0.286. The summed E-state index contributed by atoms with van der Waals surface area (Å²) in [5.41, 5.74) is 0.284. The summed E-state index contributed by atoms with van der Waals surface area (Å²) >= 11 is 0. The van der Waals surface area contributed by atoms with Crippen LogP contribution >= 0.6 is 0 Å². The van der Waals surface area contributed by atoms with Crippen molar-refractivity contribution in [2.24, 2.45) is 0 Å². The average molecular weight is 263 g/mol. The smallest absolute Gasteiger partial charge is 0.273 e. The molecule has 1 fully saturated rings. The molecule has 0 radical (unpaired) electrons. The van der Waals surface area contributed by atoms with Gasteiger partial charge in [0.15, 0.2) is 11.5 Å². The highest BCUT2D eigenvalue weighted by Crippen LogP contribution is 2.09. The van der Waals surface area contributed by atoms with Crippen molar-refractivity contribution in [3.63, 3.8) is 0 Å². The summed E-state index contributed by atoms with van der Waals surface area (Å²) in [7, 11) is 0. The second-order valence-corrected chi connectivity index (χ2v) is 4.31. The van der Waals surface area contributed by atoms with Crippen LogP contribution in [-0.2, 0) is 6.54 Å². The third-order valence-electron chi connectivity index (χ3n) is 2.85. The maximum atomic E-state index is 11.8. The van der Waals surface area contributed by atoms with E-state index >= 15 is 0 Å². The van der Waals surface area contributed by atoms with Crippen LogP contribution in [0.2, 0.25) is 0 Å². The van der Waals surface area contributed by atoms with Crippen LogP contribution in [0.15, 0.2) is 10.7 Å². The molecule has 2 aromatic rings. The Balaban J connectivity index is 1.58. The Labute approximate surface area is 108 Å². The number of carbonyl (C=O) groups is 1.